The average molecular weight is 432 g/mol. The number of carbonyl (C=O) groups is 1. The van der Waals surface area contributed by atoms with Crippen molar-refractivity contribution in [1.29, 1.82) is 0 Å². The van der Waals surface area contributed by atoms with Gasteiger partial charge in [0.1, 0.15) is 5.78 Å². The lowest BCUT2D eigenvalue weighted by atomic mass is 9.86. The first-order valence-corrected chi connectivity index (χ1v) is 12.6. The van der Waals surface area contributed by atoms with Crippen molar-refractivity contribution in [3.63, 3.8) is 0 Å². The molecule has 0 aromatic heterocycles. The van der Waals surface area contributed by atoms with Gasteiger partial charge in [0.15, 0.2) is 0 Å². The van der Waals surface area contributed by atoms with Crippen molar-refractivity contribution in [2.75, 3.05) is 0 Å². The molecule has 1 saturated carbocycles. The normalized spacial score (nSPS) is 20.4. The molecule has 154 valence electrons. The van der Waals surface area contributed by atoms with Crippen LogP contribution in [0.25, 0.3) is 0 Å². The number of hydrogen-bond acceptors (Lipinski definition) is 4. The summed E-state index contributed by atoms with van der Waals surface area (Å²) in [6, 6.07) is 14.7. The van der Waals surface area contributed by atoms with Crippen LogP contribution in [0, 0.1) is 12.8 Å². The maximum atomic E-state index is 14.3. The third kappa shape index (κ3) is 4.67. The van der Waals surface area contributed by atoms with E-state index in [9.17, 15) is 17.4 Å². The van der Waals surface area contributed by atoms with Gasteiger partial charge in [0, 0.05) is 17.7 Å². The average Bonchev–Trinajstić information content (AvgIpc) is 2.69. The fourth-order valence-corrected chi connectivity index (χ4v) is 8.30. The predicted octanol–water partition coefficient (Wildman–Crippen LogP) is 4.52. The molecule has 0 heterocycles. The summed E-state index contributed by atoms with van der Waals surface area (Å²) < 4.78 is 44.4. The highest BCUT2D eigenvalue weighted by atomic mass is 32.3. The first kappa shape index (κ1) is 21.5. The molecular weight excluding hydrogens is 406 g/mol. The minimum absolute atomic E-state index is 0.00529. The van der Waals surface area contributed by atoms with Gasteiger partial charge in [0.25, 0.3) is 10.0 Å². The van der Waals surface area contributed by atoms with Crippen molar-refractivity contribution < 1.29 is 17.4 Å². The monoisotopic (exact) mass is 431 g/mol. The Morgan fingerprint density at radius 3 is 2.28 bits per heavy atom. The molecule has 0 aliphatic heterocycles. The van der Waals surface area contributed by atoms with E-state index in [4.69, 9.17) is 0 Å². The van der Waals surface area contributed by atoms with E-state index in [0.29, 0.717) is 24.2 Å². The number of Topliss-reactive ketones (excluding diaryl/α,β-unsaturated/α-hetero) is 1. The maximum absolute atomic E-state index is 14.3. The molecule has 0 bridgehead atoms. The first-order chi connectivity index (χ1) is 13.8. The van der Waals surface area contributed by atoms with E-state index < -0.39 is 25.0 Å². The lowest BCUT2D eigenvalue weighted by molar-refractivity contribution is -0.121. The Hall–Kier alpha value is -2.25. The molecule has 0 spiro atoms. The van der Waals surface area contributed by atoms with Crippen molar-refractivity contribution in [3.8, 4) is 0 Å². The molecule has 0 N–H and O–H groups in total. The number of carbonyl (C=O) groups excluding carboxylic acids is 1. The van der Waals surface area contributed by atoms with Gasteiger partial charge in [0.05, 0.1) is 19.9 Å². The summed E-state index contributed by atoms with van der Waals surface area (Å²) >= 11 is 0. The van der Waals surface area contributed by atoms with Gasteiger partial charge >= 0.3 is 0 Å². The molecule has 3 rings (SSSR count). The zero-order chi connectivity index (χ0) is 21.1. The van der Waals surface area contributed by atoms with Crippen LogP contribution >= 0.6 is 0 Å². The molecule has 7 heteroatoms. The zero-order valence-electron chi connectivity index (χ0n) is 16.4. The highest BCUT2D eigenvalue weighted by Gasteiger charge is 2.35. The van der Waals surface area contributed by atoms with Gasteiger partial charge in [-0.15, -0.1) is 10.3 Å². The molecule has 0 radical (unpaired) electrons. The fourth-order valence-electron chi connectivity index (χ4n) is 3.69. The lowest BCUT2D eigenvalue weighted by Gasteiger charge is -2.29. The van der Waals surface area contributed by atoms with E-state index in [1.54, 1.807) is 42.5 Å². The van der Waals surface area contributed by atoms with Crippen molar-refractivity contribution in [1.82, 2.24) is 0 Å². The standard InChI is InChI=1S/C22H25NO4S2/c1-3-22(18-8-7-9-19(24)16-18)28(25,20-10-5-4-6-11-20)23-29(26,27)21-14-12-17(2)13-15-21/h3-6,10-15,18,22H,1,7-9,16H2,2H3/t18-,22+,28?/m0/s1. The minimum atomic E-state index is -4.17. The van der Waals surface area contributed by atoms with Crippen LogP contribution in [0.2, 0.25) is 0 Å². The topological polar surface area (TPSA) is 80.6 Å². The van der Waals surface area contributed by atoms with Crippen molar-refractivity contribution in [2.45, 2.75) is 47.6 Å². The second kappa shape index (κ2) is 8.63. The highest BCUT2D eigenvalue weighted by Crippen LogP contribution is 2.34. The van der Waals surface area contributed by atoms with Crippen LogP contribution < -0.4 is 0 Å². The molecule has 3 atom stereocenters. The number of benzene rings is 2. The Kier molecular flexibility index (Phi) is 6.39. The molecule has 2 aromatic rings. The maximum Gasteiger partial charge on any atom is 0.290 e. The first-order valence-electron chi connectivity index (χ1n) is 9.54. The van der Waals surface area contributed by atoms with Gasteiger partial charge in [-0.05, 0) is 49.9 Å². The predicted molar refractivity (Wildman–Crippen MR) is 115 cm³/mol. The third-order valence-electron chi connectivity index (χ3n) is 5.19. The molecule has 1 aliphatic rings. The van der Waals surface area contributed by atoms with Crippen molar-refractivity contribution >= 4 is 25.5 Å². The van der Waals surface area contributed by atoms with Crippen LogP contribution in [0.1, 0.15) is 31.2 Å². The summed E-state index contributed by atoms with van der Waals surface area (Å²) in [4.78, 5) is 12.3. The second-order valence-corrected chi connectivity index (χ2v) is 11.5. The summed E-state index contributed by atoms with van der Waals surface area (Å²) in [5.74, 6) is -0.150. The Bertz CT molecular complexity index is 1110. The zero-order valence-corrected chi connectivity index (χ0v) is 18.0. The van der Waals surface area contributed by atoms with Crippen LogP contribution in [0.5, 0.6) is 0 Å². The summed E-state index contributed by atoms with van der Waals surface area (Å²) in [5.41, 5.74) is 0.914. The summed E-state index contributed by atoms with van der Waals surface area (Å²) in [7, 11) is -7.60. The van der Waals surface area contributed by atoms with Gasteiger partial charge in [0.2, 0.25) is 0 Å². The third-order valence-corrected chi connectivity index (χ3v) is 10.00. The van der Waals surface area contributed by atoms with Crippen LogP contribution in [0.15, 0.2) is 80.8 Å². The number of sulfonamides is 1. The second-order valence-electron chi connectivity index (χ2n) is 7.34. The molecule has 0 saturated heterocycles. The molecule has 0 amide bonds. The van der Waals surface area contributed by atoms with Gasteiger partial charge in [-0.3, -0.25) is 4.79 Å². The molecule has 2 aromatic carbocycles. The summed E-state index contributed by atoms with van der Waals surface area (Å²) in [6.07, 6.45) is 3.66. The summed E-state index contributed by atoms with van der Waals surface area (Å²) in [5, 5.41) is -0.741. The minimum Gasteiger partial charge on any atom is -0.300 e. The number of aryl methyl sites for hydroxylation is 1. The van der Waals surface area contributed by atoms with Gasteiger partial charge < -0.3 is 0 Å². The smallest absolute Gasteiger partial charge is 0.290 e. The van der Waals surface area contributed by atoms with E-state index in [1.165, 1.54) is 18.2 Å². The van der Waals surface area contributed by atoms with Crippen molar-refractivity contribution in [3.05, 3.63) is 72.8 Å². The van der Waals surface area contributed by atoms with Crippen LogP contribution in [0.4, 0.5) is 0 Å². The number of hydrogen-bond donors (Lipinski definition) is 0. The largest absolute Gasteiger partial charge is 0.300 e. The van der Waals surface area contributed by atoms with Gasteiger partial charge in [-0.1, -0.05) is 42.0 Å². The van der Waals surface area contributed by atoms with E-state index in [1.807, 2.05) is 6.92 Å². The highest BCUT2D eigenvalue weighted by molar-refractivity contribution is 8.03. The number of rotatable bonds is 6. The van der Waals surface area contributed by atoms with Crippen LogP contribution in [0.3, 0.4) is 0 Å². The van der Waals surface area contributed by atoms with Gasteiger partial charge in [-0.2, -0.15) is 8.42 Å². The number of nitrogens with zero attached hydrogens (tertiary/aromatic N) is 1. The Morgan fingerprint density at radius 2 is 1.69 bits per heavy atom. The Morgan fingerprint density at radius 1 is 1.03 bits per heavy atom. The Balaban J connectivity index is 2.19. The van der Waals surface area contributed by atoms with Gasteiger partial charge in [-0.25, -0.2) is 4.21 Å². The molecule has 1 fully saturated rings. The number of ketones is 1. The van der Waals surface area contributed by atoms with E-state index in [2.05, 4.69) is 10.3 Å². The lowest BCUT2D eigenvalue weighted by Crippen LogP contribution is -2.32. The van der Waals surface area contributed by atoms with E-state index in [0.717, 1.165) is 5.56 Å². The van der Waals surface area contributed by atoms with Crippen LogP contribution in [-0.4, -0.2) is 23.7 Å². The van der Waals surface area contributed by atoms with Crippen molar-refractivity contribution in [2.24, 2.45) is 9.69 Å². The van der Waals surface area contributed by atoms with Crippen LogP contribution in [-0.2, 0) is 24.5 Å². The molecule has 1 aliphatic carbocycles. The molecular formula is C22H25NO4S2. The Labute approximate surface area is 173 Å². The molecule has 29 heavy (non-hydrogen) atoms. The fraction of sp³-hybridized carbons (Fsp3) is 0.318. The molecule has 1 unspecified atom stereocenters. The van der Waals surface area contributed by atoms with E-state index >= 15 is 0 Å². The quantitative estimate of drug-likeness (QED) is 0.630. The van der Waals surface area contributed by atoms with E-state index in [-0.39, 0.29) is 23.0 Å². The molecule has 5 nitrogen and oxygen atoms in total. The summed E-state index contributed by atoms with van der Waals surface area (Å²) in [6.45, 7) is 5.68. The SMILES string of the molecule is C=C[C@H]([C@H]1CCCC(=O)C1)S(=O)(=NS(=O)(=O)c1ccc(C)cc1)c1ccccc1.